The molecular formula is C11H21IN4OS. The molecule has 18 heavy (non-hydrogen) atoms. The normalized spacial score (nSPS) is 10.9. The van der Waals surface area contributed by atoms with Gasteiger partial charge in [-0.1, -0.05) is 0 Å². The van der Waals surface area contributed by atoms with E-state index in [2.05, 4.69) is 20.6 Å². The fourth-order valence-corrected chi connectivity index (χ4v) is 2.04. The van der Waals surface area contributed by atoms with E-state index in [1.165, 1.54) is 4.88 Å². The van der Waals surface area contributed by atoms with Crippen LogP contribution in [0, 0.1) is 6.92 Å². The van der Waals surface area contributed by atoms with Gasteiger partial charge in [-0.15, -0.1) is 35.3 Å². The van der Waals surface area contributed by atoms with Crippen LogP contribution in [0.1, 0.15) is 16.3 Å². The van der Waals surface area contributed by atoms with Gasteiger partial charge in [0.05, 0.1) is 11.6 Å². The second-order valence-electron chi connectivity index (χ2n) is 3.54. The summed E-state index contributed by atoms with van der Waals surface area (Å²) in [6.45, 7) is 4.38. The van der Waals surface area contributed by atoms with E-state index in [-0.39, 0.29) is 24.0 Å². The van der Waals surface area contributed by atoms with Gasteiger partial charge in [-0.2, -0.15) is 0 Å². The predicted molar refractivity (Wildman–Crippen MR) is 87.0 cm³/mol. The summed E-state index contributed by atoms with van der Waals surface area (Å²) < 4.78 is 4.98. The highest BCUT2D eigenvalue weighted by atomic mass is 127. The van der Waals surface area contributed by atoms with E-state index < -0.39 is 0 Å². The van der Waals surface area contributed by atoms with Crippen LogP contribution in [0.2, 0.25) is 0 Å². The van der Waals surface area contributed by atoms with E-state index in [1.807, 2.05) is 13.1 Å². The molecule has 0 aliphatic heterocycles. The Kier molecular flexibility index (Phi) is 10.3. The highest BCUT2D eigenvalue weighted by Crippen LogP contribution is 2.10. The van der Waals surface area contributed by atoms with Crippen molar-refractivity contribution in [3.63, 3.8) is 0 Å². The van der Waals surface area contributed by atoms with Crippen molar-refractivity contribution in [2.75, 3.05) is 27.3 Å². The lowest BCUT2D eigenvalue weighted by Gasteiger charge is -2.10. The SMILES string of the molecule is CN=C(NCCCOC)NCc1cnc(C)s1.I. The minimum atomic E-state index is 0. The van der Waals surface area contributed by atoms with Crippen molar-refractivity contribution >= 4 is 41.3 Å². The van der Waals surface area contributed by atoms with Crippen LogP contribution in [0.3, 0.4) is 0 Å². The van der Waals surface area contributed by atoms with E-state index in [4.69, 9.17) is 4.74 Å². The first-order valence-corrected chi connectivity index (χ1v) is 6.42. The van der Waals surface area contributed by atoms with E-state index in [0.717, 1.165) is 37.1 Å². The number of ether oxygens (including phenoxy) is 1. The number of nitrogens with zero attached hydrogens (tertiary/aromatic N) is 2. The Morgan fingerprint density at radius 3 is 2.83 bits per heavy atom. The van der Waals surface area contributed by atoms with E-state index in [1.54, 1.807) is 25.5 Å². The molecule has 7 heteroatoms. The molecule has 1 aromatic heterocycles. The third-order valence-corrected chi connectivity index (χ3v) is 3.05. The molecule has 5 nitrogen and oxygen atoms in total. The maximum absolute atomic E-state index is 4.98. The predicted octanol–water partition coefficient (Wildman–Crippen LogP) is 1.77. The number of hydrogen-bond acceptors (Lipinski definition) is 4. The zero-order valence-corrected chi connectivity index (χ0v) is 14.2. The smallest absolute Gasteiger partial charge is 0.191 e. The molecule has 0 aliphatic carbocycles. The van der Waals surface area contributed by atoms with Gasteiger partial charge in [0.15, 0.2) is 5.96 Å². The summed E-state index contributed by atoms with van der Waals surface area (Å²) in [5.74, 6) is 0.812. The Hall–Kier alpha value is -0.410. The van der Waals surface area contributed by atoms with Gasteiger partial charge in [0, 0.05) is 38.4 Å². The van der Waals surface area contributed by atoms with Gasteiger partial charge in [0.25, 0.3) is 0 Å². The Labute approximate surface area is 129 Å². The lowest BCUT2D eigenvalue weighted by molar-refractivity contribution is 0.195. The maximum Gasteiger partial charge on any atom is 0.191 e. The van der Waals surface area contributed by atoms with Crippen LogP contribution < -0.4 is 10.6 Å². The number of aliphatic imine (C=N–C) groups is 1. The molecule has 0 saturated heterocycles. The van der Waals surface area contributed by atoms with Gasteiger partial charge >= 0.3 is 0 Å². The van der Waals surface area contributed by atoms with Crippen LogP contribution in [0.15, 0.2) is 11.2 Å². The molecular weight excluding hydrogens is 363 g/mol. The van der Waals surface area contributed by atoms with Gasteiger partial charge < -0.3 is 15.4 Å². The molecule has 0 atom stereocenters. The molecule has 0 unspecified atom stereocenters. The zero-order chi connectivity index (χ0) is 12.5. The topological polar surface area (TPSA) is 58.5 Å². The molecule has 1 heterocycles. The van der Waals surface area contributed by atoms with Gasteiger partial charge in [0.2, 0.25) is 0 Å². The second kappa shape index (κ2) is 10.5. The van der Waals surface area contributed by atoms with Crippen molar-refractivity contribution in [2.24, 2.45) is 4.99 Å². The van der Waals surface area contributed by atoms with Crippen LogP contribution in [0.4, 0.5) is 0 Å². The summed E-state index contributed by atoms with van der Waals surface area (Å²) in [4.78, 5) is 9.56. The summed E-state index contributed by atoms with van der Waals surface area (Å²) in [7, 11) is 3.47. The van der Waals surface area contributed by atoms with E-state index in [0.29, 0.717) is 0 Å². The molecule has 0 amide bonds. The first-order valence-electron chi connectivity index (χ1n) is 5.61. The Morgan fingerprint density at radius 2 is 2.28 bits per heavy atom. The third-order valence-electron chi connectivity index (χ3n) is 2.14. The number of methoxy groups -OCH3 is 1. The summed E-state index contributed by atoms with van der Waals surface area (Å²) in [5, 5.41) is 7.56. The van der Waals surface area contributed by atoms with Crippen molar-refractivity contribution in [2.45, 2.75) is 19.9 Å². The minimum Gasteiger partial charge on any atom is -0.385 e. The average molecular weight is 384 g/mol. The summed E-state index contributed by atoms with van der Waals surface area (Å²) >= 11 is 1.70. The van der Waals surface area contributed by atoms with Gasteiger partial charge in [-0.05, 0) is 13.3 Å². The van der Waals surface area contributed by atoms with Gasteiger partial charge in [0.1, 0.15) is 0 Å². The van der Waals surface area contributed by atoms with E-state index in [9.17, 15) is 0 Å². The van der Waals surface area contributed by atoms with Crippen molar-refractivity contribution in [1.29, 1.82) is 0 Å². The van der Waals surface area contributed by atoms with Crippen molar-refractivity contribution in [1.82, 2.24) is 15.6 Å². The molecule has 0 saturated carbocycles. The molecule has 1 aromatic rings. The van der Waals surface area contributed by atoms with Crippen LogP contribution >= 0.6 is 35.3 Å². The Bertz CT molecular complexity index is 357. The number of hydrogen-bond donors (Lipinski definition) is 2. The molecule has 0 radical (unpaired) electrons. The van der Waals surface area contributed by atoms with Crippen LogP contribution in [-0.4, -0.2) is 38.3 Å². The quantitative estimate of drug-likeness (QED) is 0.340. The number of thiazole rings is 1. The highest BCUT2D eigenvalue weighted by Gasteiger charge is 2.00. The monoisotopic (exact) mass is 384 g/mol. The number of halogens is 1. The average Bonchev–Trinajstić information content (AvgIpc) is 2.74. The number of aryl methyl sites for hydroxylation is 1. The van der Waals surface area contributed by atoms with E-state index >= 15 is 0 Å². The lowest BCUT2D eigenvalue weighted by Crippen LogP contribution is -2.37. The lowest BCUT2D eigenvalue weighted by atomic mass is 10.4. The molecule has 104 valence electrons. The maximum atomic E-state index is 4.98. The number of guanidine groups is 1. The number of aromatic nitrogens is 1. The van der Waals surface area contributed by atoms with Gasteiger partial charge in [-0.25, -0.2) is 4.98 Å². The van der Waals surface area contributed by atoms with Crippen LogP contribution in [-0.2, 0) is 11.3 Å². The Balaban J connectivity index is 0.00000289. The number of nitrogens with one attached hydrogen (secondary N) is 2. The van der Waals surface area contributed by atoms with Crippen molar-refractivity contribution in [3.05, 3.63) is 16.1 Å². The molecule has 0 fully saturated rings. The van der Waals surface area contributed by atoms with Crippen molar-refractivity contribution in [3.8, 4) is 0 Å². The highest BCUT2D eigenvalue weighted by molar-refractivity contribution is 14.0. The standard InChI is InChI=1S/C11H20N4OS.HI/c1-9-14-7-10(17-9)8-15-11(12-2)13-5-4-6-16-3;/h7H,4-6,8H2,1-3H3,(H2,12,13,15);1H. The van der Waals surface area contributed by atoms with Gasteiger partial charge in [-0.3, -0.25) is 4.99 Å². The molecule has 0 aromatic carbocycles. The second-order valence-corrected chi connectivity index (χ2v) is 4.86. The Morgan fingerprint density at radius 1 is 1.50 bits per heavy atom. The van der Waals surface area contributed by atoms with Crippen molar-refractivity contribution < 1.29 is 4.74 Å². The number of rotatable bonds is 6. The molecule has 0 spiro atoms. The van der Waals surface area contributed by atoms with Crippen LogP contribution in [0.25, 0.3) is 0 Å². The summed E-state index contributed by atoms with van der Waals surface area (Å²) in [5.41, 5.74) is 0. The summed E-state index contributed by atoms with van der Waals surface area (Å²) in [6, 6.07) is 0. The van der Waals surface area contributed by atoms with Crippen LogP contribution in [0.5, 0.6) is 0 Å². The molecule has 2 N–H and O–H groups in total. The molecule has 0 aliphatic rings. The largest absolute Gasteiger partial charge is 0.385 e. The minimum absolute atomic E-state index is 0. The molecule has 0 bridgehead atoms. The first kappa shape index (κ1) is 17.6. The fourth-order valence-electron chi connectivity index (χ4n) is 1.30. The fraction of sp³-hybridized carbons (Fsp3) is 0.636. The molecule has 1 rings (SSSR count). The first-order chi connectivity index (χ1) is 8.26. The zero-order valence-electron chi connectivity index (χ0n) is 11.0. The summed E-state index contributed by atoms with van der Waals surface area (Å²) in [6.07, 6.45) is 2.86. The third kappa shape index (κ3) is 7.12.